The predicted molar refractivity (Wildman–Crippen MR) is 75.9 cm³/mol. The van der Waals surface area contributed by atoms with Crippen molar-refractivity contribution in [2.24, 2.45) is 0 Å². The van der Waals surface area contributed by atoms with Crippen LogP contribution in [0.4, 0.5) is 0 Å². The molecule has 0 bridgehead atoms. The first-order valence-corrected chi connectivity index (χ1v) is 8.11. The number of nitrogens with zero attached hydrogens (tertiary/aromatic N) is 2. The Hall–Kier alpha value is -0.120. The summed E-state index contributed by atoms with van der Waals surface area (Å²) in [6, 6.07) is 1.70. The third-order valence-electron chi connectivity index (χ3n) is 5.11. The maximum atomic E-state index is 3.62. The molecule has 3 saturated heterocycles. The van der Waals surface area contributed by atoms with Crippen LogP contribution in [0.1, 0.15) is 44.9 Å². The standard InChI is InChI=1S/C15H29N3/c1-2-9-18(10-3-1)15-7-12-17(13-15)11-6-14-5-4-8-16-14/h14-16H,1-13H2. The first-order chi connectivity index (χ1) is 8.92. The Balaban J connectivity index is 1.37. The van der Waals surface area contributed by atoms with Gasteiger partial charge in [0, 0.05) is 18.6 Å². The molecule has 0 aromatic rings. The van der Waals surface area contributed by atoms with Gasteiger partial charge in [-0.1, -0.05) is 6.42 Å². The maximum absolute atomic E-state index is 3.62. The third kappa shape index (κ3) is 3.25. The smallest absolute Gasteiger partial charge is 0.0235 e. The van der Waals surface area contributed by atoms with E-state index in [1.807, 2.05) is 0 Å². The van der Waals surface area contributed by atoms with E-state index in [0.717, 1.165) is 12.1 Å². The highest BCUT2D eigenvalue weighted by molar-refractivity contribution is 4.86. The number of nitrogens with one attached hydrogen (secondary N) is 1. The summed E-state index contributed by atoms with van der Waals surface area (Å²) < 4.78 is 0. The summed E-state index contributed by atoms with van der Waals surface area (Å²) in [6.45, 7) is 7.98. The molecule has 2 unspecified atom stereocenters. The Morgan fingerprint density at radius 1 is 0.944 bits per heavy atom. The SMILES string of the molecule is C1CCN(C2CCN(CCC3CCCN3)C2)CC1. The van der Waals surface area contributed by atoms with Gasteiger partial charge in [0.25, 0.3) is 0 Å². The van der Waals surface area contributed by atoms with Crippen LogP contribution in [0.2, 0.25) is 0 Å². The van der Waals surface area contributed by atoms with E-state index in [9.17, 15) is 0 Å². The van der Waals surface area contributed by atoms with Gasteiger partial charge in [0.2, 0.25) is 0 Å². The van der Waals surface area contributed by atoms with Crippen LogP contribution in [-0.4, -0.2) is 61.2 Å². The van der Waals surface area contributed by atoms with E-state index >= 15 is 0 Å². The van der Waals surface area contributed by atoms with Crippen LogP contribution < -0.4 is 5.32 Å². The van der Waals surface area contributed by atoms with Crippen molar-refractivity contribution >= 4 is 0 Å². The molecule has 3 heterocycles. The zero-order chi connectivity index (χ0) is 12.2. The van der Waals surface area contributed by atoms with Crippen molar-refractivity contribution in [2.75, 3.05) is 39.3 Å². The lowest BCUT2D eigenvalue weighted by molar-refractivity contribution is 0.161. The Bertz CT molecular complexity index is 244. The molecule has 0 aromatic heterocycles. The molecule has 3 fully saturated rings. The Labute approximate surface area is 112 Å². The van der Waals surface area contributed by atoms with Crippen molar-refractivity contribution in [1.29, 1.82) is 0 Å². The number of likely N-dealkylation sites (tertiary alicyclic amines) is 2. The molecule has 0 aromatic carbocycles. The van der Waals surface area contributed by atoms with Crippen LogP contribution in [0.25, 0.3) is 0 Å². The molecular weight excluding hydrogens is 222 g/mol. The summed E-state index contributed by atoms with van der Waals surface area (Å²) in [6.07, 6.45) is 9.90. The van der Waals surface area contributed by atoms with Crippen molar-refractivity contribution in [3.63, 3.8) is 0 Å². The molecule has 3 aliphatic heterocycles. The highest BCUT2D eigenvalue weighted by atomic mass is 15.3. The summed E-state index contributed by atoms with van der Waals surface area (Å²) in [5.41, 5.74) is 0. The van der Waals surface area contributed by atoms with Crippen molar-refractivity contribution in [1.82, 2.24) is 15.1 Å². The van der Waals surface area contributed by atoms with E-state index in [2.05, 4.69) is 15.1 Å². The van der Waals surface area contributed by atoms with Gasteiger partial charge in [-0.25, -0.2) is 0 Å². The van der Waals surface area contributed by atoms with Gasteiger partial charge >= 0.3 is 0 Å². The molecule has 0 amide bonds. The molecule has 0 saturated carbocycles. The summed E-state index contributed by atoms with van der Waals surface area (Å²) in [7, 11) is 0. The van der Waals surface area contributed by atoms with Gasteiger partial charge < -0.3 is 10.2 Å². The van der Waals surface area contributed by atoms with E-state index in [-0.39, 0.29) is 0 Å². The summed E-state index contributed by atoms with van der Waals surface area (Å²) in [5, 5.41) is 3.62. The average Bonchev–Trinajstić information content (AvgIpc) is 3.09. The molecule has 3 aliphatic rings. The fraction of sp³-hybridized carbons (Fsp3) is 1.00. The monoisotopic (exact) mass is 251 g/mol. The van der Waals surface area contributed by atoms with Gasteiger partial charge in [0.05, 0.1) is 0 Å². The quantitative estimate of drug-likeness (QED) is 0.820. The second-order valence-electron chi connectivity index (χ2n) is 6.42. The van der Waals surface area contributed by atoms with Crippen LogP contribution in [0, 0.1) is 0 Å². The Morgan fingerprint density at radius 3 is 2.61 bits per heavy atom. The molecule has 0 spiro atoms. The second-order valence-corrected chi connectivity index (χ2v) is 6.42. The zero-order valence-electron chi connectivity index (χ0n) is 11.7. The van der Waals surface area contributed by atoms with Gasteiger partial charge in [-0.05, 0) is 71.2 Å². The van der Waals surface area contributed by atoms with E-state index in [4.69, 9.17) is 0 Å². The van der Waals surface area contributed by atoms with Gasteiger partial charge in [-0.3, -0.25) is 4.90 Å². The Kier molecular flexibility index (Phi) is 4.55. The summed E-state index contributed by atoms with van der Waals surface area (Å²) in [5.74, 6) is 0. The van der Waals surface area contributed by atoms with Gasteiger partial charge in [-0.15, -0.1) is 0 Å². The lowest BCUT2D eigenvalue weighted by Gasteiger charge is -2.32. The lowest BCUT2D eigenvalue weighted by Crippen LogP contribution is -2.41. The highest BCUT2D eigenvalue weighted by Gasteiger charge is 2.28. The van der Waals surface area contributed by atoms with E-state index in [0.29, 0.717) is 0 Å². The molecule has 2 atom stereocenters. The largest absolute Gasteiger partial charge is 0.314 e. The van der Waals surface area contributed by atoms with Gasteiger partial charge in [0.1, 0.15) is 0 Å². The summed E-state index contributed by atoms with van der Waals surface area (Å²) >= 11 is 0. The molecule has 1 N–H and O–H groups in total. The van der Waals surface area contributed by atoms with Crippen LogP contribution in [0.3, 0.4) is 0 Å². The first kappa shape index (κ1) is 12.9. The zero-order valence-corrected chi connectivity index (χ0v) is 11.7. The van der Waals surface area contributed by atoms with E-state index in [1.165, 1.54) is 84.2 Å². The first-order valence-electron chi connectivity index (χ1n) is 8.11. The molecule has 3 heteroatoms. The molecule has 0 radical (unpaired) electrons. The fourth-order valence-corrected chi connectivity index (χ4v) is 3.94. The van der Waals surface area contributed by atoms with Gasteiger partial charge in [0.15, 0.2) is 0 Å². The normalized spacial score (nSPS) is 35.3. The van der Waals surface area contributed by atoms with Crippen LogP contribution >= 0.6 is 0 Å². The lowest BCUT2D eigenvalue weighted by atomic mass is 10.1. The minimum absolute atomic E-state index is 0.819. The molecule has 3 rings (SSSR count). The maximum Gasteiger partial charge on any atom is 0.0235 e. The van der Waals surface area contributed by atoms with Crippen molar-refractivity contribution in [3.8, 4) is 0 Å². The minimum Gasteiger partial charge on any atom is -0.314 e. The summed E-state index contributed by atoms with van der Waals surface area (Å²) in [4.78, 5) is 5.47. The Morgan fingerprint density at radius 2 is 1.83 bits per heavy atom. The third-order valence-corrected chi connectivity index (χ3v) is 5.11. The molecule has 3 nitrogen and oxygen atoms in total. The minimum atomic E-state index is 0.819. The molecule has 18 heavy (non-hydrogen) atoms. The van der Waals surface area contributed by atoms with Crippen LogP contribution in [0.5, 0.6) is 0 Å². The molecular formula is C15H29N3. The molecule has 104 valence electrons. The van der Waals surface area contributed by atoms with Crippen LogP contribution in [0.15, 0.2) is 0 Å². The average molecular weight is 251 g/mol. The number of rotatable bonds is 4. The van der Waals surface area contributed by atoms with E-state index < -0.39 is 0 Å². The van der Waals surface area contributed by atoms with Crippen LogP contribution in [-0.2, 0) is 0 Å². The van der Waals surface area contributed by atoms with Crippen molar-refractivity contribution < 1.29 is 0 Å². The number of hydrogen-bond donors (Lipinski definition) is 1. The van der Waals surface area contributed by atoms with Gasteiger partial charge in [-0.2, -0.15) is 0 Å². The van der Waals surface area contributed by atoms with E-state index in [1.54, 1.807) is 0 Å². The van der Waals surface area contributed by atoms with Crippen molar-refractivity contribution in [3.05, 3.63) is 0 Å². The number of piperidine rings is 1. The second kappa shape index (κ2) is 6.36. The highest BCUT2D eigenvalue weighted by Crippen LogP contribution is 2.21. The molecule has 0 aliphatic carbocycles. The predicted octanol–water partition coefficient (Wildman–Crippen LogP) is 1.69. The number of hydrogen-bond acceptors (Lipinski definition) is 3. The topological polar surface area (TPSA) is 18.5 Å². The fourth-order valence-electron chi connectivity index (χ4n) is 3.94. The van der Waals surface area contributed by atoms with Crippen molar-refractivity contribution in [2.45, 2.75) is 57.0 Å².